The Morgan fingerprint density at radius 1 is 1.44 bits per heavy atom. The van der Waals surface area contributed by atoms with Gasteiger partial charge in [-0.3, -0.25) is 4.79 Å². The highest BCUT2D eigenvalue weighted by Crippen LogP contribution is 2.52. The third kappa shape index (κ3) is 2.22. The molecule has 0 radical (unpaired) electrons. The number of allylic oxidation sites excluding steroid dienone is 2. The first-order valence-corrected chi connectivity index (χ1v) is 6.41. The molecule has 2 heteroatoms. The van der Waals surface area contributed by atoms with Crippen molar-refractivity contribution in [3.05, 3.63) is 11.6 Å². The summed E-state index contributed by atoms with van der Waals surface area (Å²) in [5.74, 6) is 0.954. The quantitative estimate of drug-likeness (QED) is 0.695. The normalized spacial score (nSPS) is 41.6. The molecule has 0 bridgehead atoms. The SMILES string of the molecule is CC.CC1CC(O)CC2CC(C=O)=CC12C. The summed E-state index contributed by atoms with van der Waals surface area (Å²) in [7, 11) is 0. The zero-order valence-corrected chi connectivity index (χ0v) is 10.9. The average molecular weight is 224 g/mol. The van der Waals surface area contributed by atoms with Crippen LogP contribution in [0, 0.1) is 17.3 Å². The maximum absolute atomic E-state index is 10.8. The van der Waals surface area contributed by atoms with Crippen molar-refractivity contribution in [2.24, 2.45) is 17.3 Å². The number of rotatable bonds is 1. The lowest BCUT2D eigenvalue weighted by Gasteiger charge is -2.43. The van der Waals surface area contributed by atoms with E-state index in [1.807, 2.05) is 13.8 Å². The van der Waals surface area contributed by atoms with Crippen molar-refractivity contribution in [3.63, 3.8) is 0 Å². The fourth-order valence-electron chi connectivity index (χ4n) is 3.13. The van der Waals surface area contributed by atoms with Gasteiger partial charge in [-0.25, -0.2) is 0 Å². The average Bonchev–Trinajstić information content (AvgIpc) is 2.60. The number of hydrogen-bond donors (Lipinski definition) is 1. The van der Waals surface area contributed by atoms with Crippen LogP contribution in [0.5, 0.6) is 0 Å². The number of aliphatic hydroxyl groups excluding tert-OH is 1. The topological polar surface area (TPSA) is 37.3 Å². The molecular weight excluding hydrogens is 200 g/mol. The van der Waals surface area contributed by atoms with Crippen LogP contribution in [0.3, 0.4) is 0 Å². The lowest BCUT2D eigenvalue weighted by atomic mass is 9.63. The third-order valence-corrected chi connectivity index (χ3v) is 4.25. The highest BCUT2D eigenvalue weighted by molar-refractivity contribution is 5.74. The van der Waals surface area contributed by atoms with Gasteiger partial charge in [-0.15, -0.1) is 0 Å². The number of fused-ring (bicyclic) bond motifs is 1. The second-order valence-electron chi connectivity index (χ2n) is 5.13. The van der Waals surface area contributed by atoms with Crippen LogP contribution in [-0.4, -0.2) is 17.5 Å². The van der Waals surface area contributed by atoms with Gasteiger partial charge in [0.25, 0.3) is 0 Å². The van der Waals surface area contributed by atoms with Crippen molar-refractivity contribution in [2.45, 2.75) is 53.1 Å². The molecule has 1 fully saturated rings. The Bertz CT molecular complexity index is 282. The van der Waals surface area contributed by atoms with Crippen molar-refractivity contribution in [3.8, 4) is 0 Å². The first-order chi connectivity index (χ1) is 7.56. The number of carbonyl (C=O) groups is 1. The predicted octanol–water partition coefficient (Wildman–Crippen LogP) is 2.95. The maximum atomic E-state index is 10.8. The molecule has 0 aromatic carbocycles. The first-order valence-electron chi connectivity index (χ1n) is 6.41. The van der Waals surface area contributed by atoms with Crippen LogP contribution in [0.25, 0.3) is 0 Å². The van der Waals surface area contributed by atoms with E-state index in [-0.39, 0.29) is 11.5 Å². The molecule has 2 aliphatic rings. The standard InChI is InChI=1S/C12H18O2.C2H6/c1-8-3-11(14)5-10-4-9(7-13)6-12(8,10)2;1-2/h6-8,10-11,14H,3-5H2,1-2H3;1-2H3. The van der Waals surface area contributed by atoms with Crippen LogP contribution >= 0.6 is 0 Å². The van der Waals surface area contributed by atoms with Gasteiger partial charge in [-0.2, -0.15) is 0 Å². The van der Waals surface area contributed by atoms with E-state index < -0.39 is 0 Å². The van der Waals surface area contributed by atoms with E-state index >= 15 is 0 Å². The summed E-state index contributed by atoms with van der Waals surface area (Å²) >= 11 is 0. The molecular formula is C14H24O2. The highest BCUT2D eigenvalue weighted by atomic mass is 16.3. The number of hydrogen-bond acceptors (Lipinski definition) is 2. The van der Waals surface area contributed by atoms with Crippen LogP contribution in [0.1, 0.15) is 47.0 Å². The van der Waals surface area contributed by atoms with E-state index in [1.54, 1.807) is 0 Å². The molecule has 2 aliphatic carbocycles. The van der Waals surface area contributed by atoms with Gasteiger partial charge in [-0.1, -0.05) is 33.8 Å². The molecule has 0 aliphatic heterocycles. The minimum absolute atomic E-state index is 0.148. The monoisotopic (exact) mass is 224 g/mol. The van der Waals surface area contributed by atoms with Crippen LogP contribution < -0.4 is 0 Å². The second kappa shape index (κ2) is 5.13. The molecule has 0 saturated heterocycles. The molecule has 1 N–H and O–H groups in total. The minimum atomic E-state index is -0.164. The summed E-state index contributed by atoms with van der Waals surface area (Å²) in [5, 5.41) is 9.69. The molecule has 4 atom stereocenters. The van der Waals surface area contributed by atoms with Crippen LogP contribution in [0.4, 0.5) is 0 Å². The third-order valence-electron chi connectivity index (χ3n) is 4.25. The molecule has 0 aromatic rings. The second-order valence-corrected chi connectivity index (χ2v) is 5.13. The van der Waals surface area contributed by atoms with Crippen molar-refractivity contribution >= 4 is 6.29 Å². The van der Waals surface area contributed by atoms with Gasteiger partial charge in [-0.05, 0) is 42.1 Å². The van der Waals surface area contributed by atoms with Gasteiger partial charge in [0.15, 0.2) is 0 Å². The zero-order valence-electron chi connectivity index (χ0n) is 10.9. The number of carbonyl (C=O) groups excluding carboxylic acids is 1. The summed E-state index contributed by atoms with van der Waals surface area (Å²) in [6, 6.07) is 0. The highest BCUT2D eigenvalue weighted by Gasteiger charge is 2.46. The zero-order chi connectivity index (χ0) is 12.3. The van der Waals surface area contributed by atoms with Gasteiger partial charge < -0.3 is 5.11 Å². The summed E-state index contributed by atoms with van der Waals surface area (Å²) in [6.45, 7) is 8.41. The minimum Gasteiger partial charge on any atom is -0.393 e. The Labute approximate surface area is 98.7 Å². The molecule has 0 amide bonds. The van der Waals surface area contributed by atoms with Gasteiger partial charge in [0, 0.05) is 0 Å². The first kappa shape index (κ1) is 13.4. The van der Waals surface area contributed by atoms with E-state index in [9.17, 15) is 9.90 Å². The van der Waals surface area contributed by atoms with Gasteiger partial charge >= 0.3 is 0 Å². The summed E-state index contributed by atoms with van der Waals surface area (Å²) < 4.78 is 0. The van der Waals surface area contributed by atoms with Crippen molar-refractivity contribution in [1.82, 2.24) is 0 Å². The van der Waals surface area contributed by atoms with Crippen LogP contribution in [-0.2, 0) is 4.79 Å². The molecule has 4 unspecified atom stereocenters. The Morgan fingerprint density at radius 2 is 2.06 bits per heavy atom. The van der Waals surface area contributed by atoms with E-state index in [0.29, 0.717) is 11.8 Å². The van der Waals surface area contributed by atoms with Crippen molar-refractivity contribution in [2.75, 3.05) is 0 Å². The van der Waals surface area contributed by atoms with Crippen molar-refractivity contribution < 1.29 is 9.90 Å². The molecule has 2 nitrogen and oxygen atoms in total. The Balaban J connectivity index is 0.000000606. The van der Waals surface area contributed by atoms with E-state index in [4.69, 9.17) is 0 Å². The number of aliphatic hydroxyl groups is 1. The lowest BCUT2D eigenvalue weighted by Crippen LogP contribution is -2.38. The van der Waals surface area contributed by atoms with Crippen LogP contribution in [0.15, 0.2) is 11.6 Å². The lowest BCUT2D eigenvalue weighted by molar-refractivity contribution is -0.105. The van der Waals surface area contributed by atoms with E-state index in [1.165, 1.54) is 0 Å². The maximum Gasteiger partial charge on any atom is 0.145 e. The Kier molecular flexibility index (Phi) is 4.31. The predicted molar refractivity (Wildman–Crippen MR) is 66.1 cm³/mol. The Hall–Kier alpha value is -0.630. The summed E-state index contributed by atoms with van der Waals surface area (Å²) in [6.07, 6.45) is 5.54. The molecule has 1 saturated carbocycles. The van der Waals surface area contributed by atoms with Crippen LogP contribution in [0.2, 0.25) is 0 Å². The molecule has 0 spiro atoms. The fraction of sp³-hybridized carbons (Fsp3) is 0.786. The molecule has 0 aromatic heterocycles. The molecule has 0 heterocycles. The molecule has 16 heavy (non-hydrogen) atoms. The largest absolute Gasteiger partial charge is 0.393 e. The fourth-order valence-corrected chi connectivity index (χ4v) is 3.13. The van der Waals surface area contributed by atoms with Gasteiger partial charge in [0.2, 0.25) is 0 Å². The molecule has 2 rings (SSSR count). The van der Waals surface area contributed by atoms with Gasteiger partial charge in [0.1, 0.15) is 6.29 Å². The van der Waals surface area contributed by atoms with E-state index in [2.05, 4.69) is 19.9 Å². The number of aldehydes is 1. The van der Waals surface area contributed by atoms with Gasteiger partial charge in [0.05, 0.1) is 6.10 Å². The summed E-state index contributed by atoms with van der Waals surface area (Å²) in [5.41, 5.74) is 1.08. The van der Waals surface area contributed by atoms with Crippen molar-refractivity contribution in [1.29, 1.82) is 0 Å². The Morgan fingerprint density at radius 3 is 2.62 bits per heavy atom. The molecule has 92 valence electrons. The van der Waals surface area contributed by atoms with E-state index in [0.717, 1.165) is 31.1 Å². The summed E-state index contributed by atoms with van der Waals surface area (Å²) in [4.78, 5) is 10.8. The smallest absolute Gasteiger partial charge is 0.145 e.